The SMILES string of the molecule is Cc1nn(CC(=O)N2CCN(Cc3c(Cl)cccc3Cl)CC2)c(C)c1Br. The van der Waals surface area contributed by atoms with Gasteiger partial charge < -0.3 is 4.90 Å². The molecule has 1 aromatic carbocycles. The highest BCUT2D eigenvalue weighted by Gasteiger charge is 2.23. The minimum absolute atomic E-state index is 0.0959. The fourth-order valence-electron chi connectivity index (χ4n) is 3.12. The van der Waals surface area contributed by atoms with Gasteiger partial charge in [0.1, 0.15) is 6.54 Å². The van der Waals surface area contributed by atoms with Crippen LogP contribution in [-0.2, 0) is 17.9 Å². The van der Waals surface area contributed by atoms with E-state index in [1.54, 1.807) is 4.68 Å². The molecule has 1 amide bonds. The molecule has 3 rings (SSSR count). The van der Waals surface area contributed by atoms with Crippen molar-refractivity contribution < 1.29 is 4.79 Å². The Balaban J connectivity index is 1.56. The number of carbonyl (C=O) groups is 1. The molecule has 26 heavy (non-hydrogen) atoms. The number of aryl methyl sites for hydroxylation is 1. The van der Waals surface area contributed by atoms with Crippen molar-refractivity contribution in [3.63, 3.8) is 0 Å². The van der Waals surface area contributed by atoms with Gasteiger partial charge in [-0.05, 0) is 41.9 Å². The summed E-state index contributed by atoms with van der Waals surface area (Å²) < 4.78 is 2.73. The van der Waals surface area contributed by atoms with Gasteiger partial charge in [0.25, 0.3) is 0 Å². The van der Waals surface area contributed by atoms with Crippen molar-refractivity contribution in [2.75, 3.05) is 26.2 Å². The summed E-state index contributed by atoms with van der Waals surface area (Å²) in [6.07, 6.45) is 0. The van der Waals surface area contributed by atoms with Crippen LogP contribution in [0, 0.1) is 13.8 Å². The molecule has 0 spiro atoms. The van der Waals surface area contributed by atoms with Gasteiger partial charge in [-0.3, -0.25) is 14.4 Å². The van der Waals surface area contributed by atoms with E-state index in [1.807, 2.05) is 36.9 Å². The molecule has 8 heteroatoms. The van der Waals surface area contributed by atoms with Crippen LogP contribution < -0.4 is 0 Å². The van der Waals surface area contributed by atoms with Crippen molar-refractivity contribution >= 4 is 45.0 Å². The normalized spacial score (nSPS) is 15.5. The van der Waals surface area contributed by atoms with Crippen LogP contribution in [0.5, 0.6) is 0 Å². The quantitative estimate of drug-likeness (QED) is 0.695. The number of amides is 1. The number of hydrogen-bond acceptors (Lipinski definition) is 3. The third-order valence-corrected chi connectivity index (χ3v) is 6.60. The standard InChI is InChI=1S/C18H21BrCl2N4O/c1-12-18(19)13(2)25(22-12)11-17(26)24-8-6-23(7-9-24)10-14-15(20)4-3-5-16(14)21/h3-5H,6-11H2,1-2H3. The minimum atomic E-state index is 0.0959. The smallest absolute Gasteiger partial charge is 0.244 e. The van der Waals surface area contributed by atoms with E-state index in [1.165, 1.54) is 0 Å². The van der Waals surface area contributed by atoms with Crippen LogP contribution in [0.15, 0.2) is 22.7 Å². The average molecular weight is 460 g/mol. The van der Waals surface area contributed by atoms with Crippen LogP contribution in [0.25, 0.3) is 0 Å². The molecule has 1 aliphatic rings. The van der Waals surface area contributed by atoms with E-state index in [2.05, 4.69) is 25.9 Å². The Hall–Kier alpha value is -1.08. The van der Waals surface area contributed by atoms with Crippen LogP contribution >= 0.6 is 39.1 Å². The number of nitrogens with zero attached hydrogens (tertiary/aromatic N) is 4. The number of aromatic nitrogens is 2. The lowest BCUT2D eigenvalue weighted by Crippen LogP contribution is -2.49. The van der Waals surface area contributed by atoms with Crippen molar-refractivity contribution in [2.24, 2.45) is 0 Å². The van der Waals surface area contributed by atoms with Gasteiger partial charge in [-0.1, -0.05) is 29.3 Å². The second kappa shape index (κ2) is 8.30. The first-order valence-corrected chi connectivity index (χ1v) is 10.0. The maximum atomic E-state index is 12.6. The molecule has 0 radical (unpaired) electrons. The Bertz CT molecular complexity index is 796. The van der Waals surface area contributed by atoms with Crippen LogP contribution in [-0.4, -0.2) is 51.7 Å². The highest BCUT2D eigenvalue weighted by Crippen LogP contribution is 2.26. The second-order valence-corrected chi connectivity index (χ2v) is 8.11. The first-order valence-electron chi connectivity index (χ1n) is 8.49. The Kier molecular flexibility index (Phi) is 6.28. The Morgan fingerprint density at radius 1 is 1.15 bits per heavy atom. The maximum absolute atomic E-state index is 12.6. The largest absolute Gasteiger partial charge is 0.339 e. The van der Waals surface area contributed by atoms with Gasteiger partial charge in [0, 0.05) is 48.3 Å². The van der Waals surface area contributed by atoms with Crippen molar-refractivity contribution in [3.8, 4) is 0 Å². The van der Waals surface area contributed by atoms with Gasteiger partial charge in [-0.25, -0.2) is 0 Å². The summed E-state index contributed by atoms with van der Waals surface area (Å²) in [5, 5.41) is 5.79. The fraction of sp³-hybridized carbons (Fsp3) is 0.444. The third kappa shape index (κ3) is 4.25. The van der Waals surface area contributed by atoms with E-state index < -0.39 is 0 Å². The summed E-state index contributed by atoms with van der Waals surface area (Å²) in [6.45, 7) is 7.85. The molecule has 5 nitrogen and oxygen atoms in total. The highest BCUT2D eigenvalue weighted by molar-refractivity contribution is 9.10. The predicted octanol–water partition coefficient (Wildman–Crippen LogP) is 3.91. The topological polar surface area (TPSA) is 41.4 Å². The van der Waals surface area contributed by atoms with Gasteiger partial charge in [-0.2, -0.15) is 5.10 Å². The third-order valence-electron chi connectivity index (χ3n) is 4.75. The van der Waals surface area contributed by atoms with Crippen LogP contribution in [0.2, 0.25) is 10.0 Å². The molecular weight excluding hydrogens is 439 g/mol. The zero-order valence-electron chi connectivity index (χ0n) is 14.8. The van der Waals surface area contributed by atoms with Crippen LogP contribution in [0.4, 0.5) is 0 Å². The van der Waals surface area contributed by atoms with E-state index in [0.29, 0.717) is 29.7 Å². The van der Waals surface area contributed by atoms with E-state index in [-0.39, 0.29) is 12.5 Å². The van der Waals surface area contributed by atoms with Crippen LogP contribution in [0.1, 0.15) is 17.0 Å². The van der Waals surface area contributed by atoms with Gasteiger partial charge in [0.05, 0.1) is 15.9 Å². The first-order chi connectivity index (χ1) is 12.4. The first kappa shape index (κ1) is 19.7. The molecule has 0 atom stereocenters. The molecule has 1 fully saturated rings. The van der Waals surface area contributed by atoms with Gasteiger partial charge in [0.15, 0.2) is 0 Å². The van der Waals surface area contributed by atoms with E-state index in [0.717, 1.165) is 34.5 Å². The number of rotatable bonds is 4. The van der Waals surface area contributed by atoms with Gasteiger partial charge in [0.2, 0.25) is 5.91 Å². The Morgan fingerprint density at radius 2 is 1.77 bits per heavy atom. The monoisotopic (exact) mass is 458 g/mol. The lowest BCUT2D eigenvalue weighted by molar-refractivity contribution is -0.133. The second-order valence-electron chi connectivity index (χ2n) is 6.50. The summed E-state index contributed by atoms with van der Waals surface area (Å²) in [5.74, 6) is 0.0959. The van der Waals surface area contributed by atoms with E-state index in [9.17, 15) is 4.79 Å². The minimum Gasteiger partial charge on any atom is -0.339 e. The van der Waals surface area contributed by atoms with Gasteiger partial charge >= 0.3 is 0 Å². The average Bonchev–Trinajstić information content (AvgIpc) is 2.86. The maximum Gasteiger partial charge on any atom is 0.244 e. The number of halogens is 3. The Labute approximate surface area is 172 Å². The van der Waals surface area contributed by atoms with E-state index >= 15 is 0 Å². The molecule has 0 N–H and O–H groups in total. The molecule has 0 aliphatic carbocycles. The van der Waals surface area contributed by atoms with Crippen molar-refractivity contribution in [2.45, 2.75) is 26.9 Å². The molecule has 0 saturated carbocycles. The molecule has 2 aromatic rings. The number of hydrogen-bond donors (Lipinski definition) is 0. The summed E-state index contributed by atoms with van der Waals surface area (Å²) in [6, 6.07) is 5.56. The number of piperazine rings is 1. The summed E-state index contributed by atoms with van der Waals surface area (Å²) in [7, 11) is 0. The number of carbonyl (C=O) groups excluding carboxylic acids is 1. The van der Waals surface area contributed by atoms with Gasteiger partial charge in [-0.15, -0.1) is 0 Å². The molecular formula is C18H21BrCl2N4O. The van der Waals surface area contributed by atoms with Crippen LogP contribution in [0.3, 0.4) is 0 Å². The number of benzene rings is 1. The summed E-state index contributed by atoms with van der Waals surface area (Å²) in [5.41, 5.74) is 2.82. The van der Waals surface area contributed by atoms with Crippen molar-refractivity contribution in [3.05, 3.63) is 49.7 Å². The molecule has 2 heterocycles. The molecule has 1 saturated heterocycles. The zero-order chi connectivity index (χ0) is 18.8. The van der Waals surface area contributed by atoms with Crippen molar-refractivity contribution in [1.29, 1.82) is 0 Å². The zero-order valence-corrected chi connectivity index (χ0v) is 17.9. The van der Waals surface area contributed by atoms with E-state index in [4.69, 9.17) is 23.2 Å². The fourth-order valence-corrected chi connectivity index (χ4v) is 3.92. The van der Waals surface area contributed by atoms with Crippen molar-refractivity contribution in [1.82, 2.24) is 19.6 Å². The molecule has 0 bridgehead atoms. The molecule has 1 aromatic heterocycles. The highest BCUT2D eigenvalue weighted by atomic mass is 79.9. The summed E-state index contributed by atoms with van der Waals surface area (Å²) >= 11 is 16.0. The molecule has 0 unspecified atom stereocenters. The summed E-state index contributed by atoms with van der Waals surface area (Å²) in [4.78, 5) is 16.8. The Morgan fingerprint density at radius 3 is 2.31 bits per heavy atom. The molecule has 1 aliphatic heterocycles. The molecule has 140 valence electrons. The predicted molar refractivity (Wildman–Crippen MR) is 108 cm³/mol. The lowest BCUT2D eigenvalue weighted by atomic mass is 10.2. The lowest BCUT2D eigenvalue weighted by Gasteiger charge is -2.35.